The van der Waals surface area contributed by atoms with E-state index in [4.69, 9.17) is 0 Å². The van der Waals surface area contributed by atoms with Crippen LogP contribution < -0.4 is 5.32 Å². The Labute approximate surface area is 101 Å². The van der Waals surface area contributed by atoms with Gasteiger partial charge in [0, 0.05) is 6.54 Å². The van der Waals surface area contributed by atoms with E-state index in [0.717, 1.165) is 22.8 Å². The van der Waals surface area contributed by atoms with E-state index in [1.165, 1.54) is 18.4 Å². The molecular formula is C12H19BrN2. The molecule has 84 valence electrons. The zero-order valence-electron chi connectivity index (χ0n) is 9.68. The Kier molecular flexibility index (Phi) is 5.09. The minimum atomic E-state index is 0.758. The van der Waals surface area contributed by atoms with Gasteiger partial charge in [0.1, 0.15) is 4.60 Å². The highest BCUT2D eigenvalue weighted by Gasteiger charge is 2.03. The van der Waals surface area contributed by atoms with E-state index in [1.807, 2.05) is 6.20 Å². The van der Waals surface area contributed by atoms with Crippen LogP contribution in [0, 0.1) is 12.8 Å². The zero-order chi connectivity index (χ0) is 11.3. The van der Waals surface area contributed by atoms with Crippen LogP contribution in [0.4, 0.5) is 5.69 Å². The number of aryl methyl sites for hydroxylation is 1. The van der Waals surface area contributed by atoms with Crippen LogP contribution in [0.25, 0.3) is 0 Å². The summed E-state index contributed by atoms with van der Waals surface area (Å²) in [4.78, 5) is 4.26. The molecule has 0 aromatic carbocycles. The summed E-state index contributed by atoms with van der Waals surface area (Å²) >= 11 is 3.40. The molecule has 0 saturated heterocycles. The van der Waals surface area contributed by atoms with Crippen LogP contribution in [0.1, 0.15) is 32.3 Å². The minimum Gasteiger partial charge on any atom is -0.384 e. The molecule has 15 heavy (non-hydrogen) atoms. The second kappa shape index (κ2) is 6.11. The van der Waals surface area contributed by atoms with Gasteiger partial charge in [-0.15, -0.1) is 0 Å². The van der Waals surface area contributed by atoms with Gasteiger partial charge in [0.2, 0.25) is 0 Å². The largest absolute Gasteiger partial charge is 0.384 e. The van der Waals surface area contributed by atoms with E-state index in [2.05, 4.69) is 53.1 Å². The van der Waals surface area contributed by atoms with E-state index < -0.39 is 0 Å². The molecule has 1 aromatic heterocycles. The van der Waals surface area contributed by atoms with Crippen molar-refractivity contribution in [2.45, 2.75) is 33.6 Å². The number of nitrogens with one attached hydrogen (secondary N) is 1. The standard InChI is InChI=1S/C12H19BrN2/c1-4-10(5-2)7-14-11-6-9(3)12(13)15-8-11/h6,8,10,14H,4-5,7H2,1-3H3. The molecule has 0 aliphatic rings. The molecule has 0 radical (unpaired) electrons. The Hall–Kier alpha value is -0.570. The molecule has 1 aromatic rings. The SMILES string of the molecule is CCC(CC)CNc1cnc(Br)c(C)c1. The van der Waals surface area contributed by atoms with Crippen molar-refractivity contribution in [3.63, 3.8) is 0 Å². The predicted molar refractivity (Wildman–Crippen MR) is 69.2 cm³/mol. The van der Waals surface area contributed by atoms with Gasteiger partial charge in [0.15, 0.2) is 0 Å². The fourth-order valence-electron chi connectivity index (χ4n) is 1.49. The van der Waals surface area contributed by atoms with Crippen molar-refractivity contribution in [1.29, 1.82) is 0 Å². The van der Waals surface area contributed by atoms with Crippen molar-refractivity contribution in [3.8, 4) is 0 Å². The number of pyridine rings is 1. The average molecular weight is 271 g/mol. The lowest BCUT2D eigenvalue weighted by Crippen LogP contribution is -2.12. The maximum Gasteiger partial charge on any atom is 0.109 e. The summed E-state index contributed by atoms with van der Waals surface area (Å²) < 4.78 is 0.926. The molecule has 0 unspecified atom stereocenters. The quantitative estimate of drug-likeness (QED) is 0.819. The van der Waals surface area contributed by atoms with Crippen molar-refractivity contribution in [1.82, 2.24) is 4.98 Å². The van der Waals surface area contributed by atoms with Crippen molar-refractivity contribution < 1.29 is 0 Å². The molecule has 3 heteroatoms. The Balaban J connectivity index is 2.54. The van der Waals surface area contributed by atoms with Crippen molar-refractivity contribution >= 4 is 21.6 Å². The van der Waals surface area contributed by atoms with Gasteiger partial charge in [-0.25, -0.2) is 4.98 Å². The van der Waals surface area contributed by atoms with Crippen molar-refractivity contribution in [2.24, 2.45) is 5.92 Å². The summed E-state index contributed by atoms with van der Waals surface area (Å²) in [5, 5.41) is 3.43. The van der Waals surface area contributed by atoms with Crippen LogP contribution >= 0.6 is 15.9 Å². The fraction of sp³-hybridized carbons (Fsp3) is 0.583. The molecule has 0 aliphatic heterocycles. The molecule has 0 fully saturated rings. The average Bonchev–Trinajstić information content (AvgIpc) is 2.24. The minimum absolute atomic E-state index is 0.758. The van der Waals surface area contributed by atoms with E-state index in [9.17, 15) is 0 Å². The van der Waals surface area contributed by atoms with E-state index in [-0.39, 0.29) is 0 Å². The maximum atomic E-state index is 4.26. The highest BCUT2D eigenvalue weighted by atomic mass is 79.9. The molecule has 0 atom stereocenters. The van der Waals surface area contributed by atoms with Crippen LogP contribution in [0.15, 0.2) is 16.9 Å². The Bertz CT molecular complexity index is 308. The summed E-state index contributed by atoms with van der Waals surface area (Å²) in [6, 6.07) is 2.12. The highest BCUT2D eigenvalue weighted by molar-refractivity contribution is 9.10. The molecule has 0 saturated carbocycles. The van der Waals surface area contributed by atoms with Gasteiger partial charge in [0.25, 0.3) is 0 Å². The third-order valence-corrected chi connectivity index (χ3v) is 3.59. The lowest BCUT2D eigenvalue weighted by Gasteiger charge is -2.14. The zero-order valence-corrected chi connectivity index (χ0v) is 11.3. The molecular weight excluding hydrogens is 252 g/mol. The summed E-state index contributed by atoms with van der Waals surface area (Å²) in [5.41, 5.74) is 2.28. The number of hydrogen-bond acceptors (Lipinski definition) is 2. The molecule has 0 amide bonds. The van der Waals surface area contributed by atoms with Gasteiger partial charge in [-0.3, -0.25) is 0 Å². The molecule has 1 rings (SSSR count). The van der Waals surface area contributed by atoms with Gasteiger partial charge in [-0.2, -0.15) is 0 Å². The number of nitrogens with zero attached hydrogens (tertiary/aromatic N) is 1. The van der Waals surface area contributed by atoms with Gasteiger partial charge in [-0.05, 0) is 40.4 Å². The second-order valence-corrected chi connectivity index (χ2v) is 4.65. The number of rotatable bonds is 5. The molecule has 0 bridgehead atoms. The smallest absolute Gasteiger partial charge is 0.109 e. The van der Waals surface area contributed by atoms with Gasteiger partial charge < -0.3 is 5.32 Å². The molecule has 1 heterocycles. The molecule has 0 aliphatic carbocycles. The summed E-state index contributed by atoms with van der Waals surface area (Å²) in [5.74, 6) is 0.758. The summed E-state index contributed by atoms with van der Waals surface area (Å²) in [6.45, 7) is 7.57. The van der Waals surface area contributed by atoms with Crippen LogP contribution in [-0.4, -0.2) is 11.5 Å². The monoisotopic (exact) mass is 270 g/mol. The maximum absolute atomic E-state index is 4.26. The number of halogens is 1. The predicted octanol–water partition coefficient (Wildman–Crippen LogP) is 4.00. The van der Waals surface area contributed by atoms with Crippen LogP contribution in [-0.2, 0) is 0 Å². The van der Waals surface area contributed by atoms with Crippen molar-refractivity contribution in [2.75, 3.05) is 11.9 Å². The first-order valence-electron chi connectivity index (χ1n) is 5.53. The molecule has 0 spiro atoms. The number of anilines is 1. The number of hydrogen-bond donors (Lipinski definition) is 1. The third-order valence-electron chi connectivity index (χ3n) is 2.76. The van der Waals surface area contributed by atoms with Crippen molar-refractivity contribution in [3.05, 3.63) is 22.4 Å². The van der Waals surface area contributed by atoms with E-state index in [0.29, 0.717) is 0 Å². The van der Waals surface area contributed by atoms with Crippen LogP contribution in [0.2, 0.25) is 0 Å². The van der Waals surface area contributed by atoms with E-state index in [1.54, 1.807) is 0 Å². The van der Waals surface area contributed by atoms with Gasteiger partial charge in [0.05, 0.1) is 11.9 Å². The Morgan fingerprint density at radius 1 is 1.40 bits per heavy atom. The second-order valence-electron chi connectivity index (χ2n) is 3.90. The first kappa shape index (κ1) is 12.5. The molecule has 1 N–H and O–H groups in total. The fourth-order valence-corrected chi connectivity index (χ4v) is 1.71. The third kappa shape index (κ3) is 3.82. The number of aromatic nitrogens is 1. The Morgan fingerprint density at radius 2 is 2.07 bits per heavy atom. The Morgan fingerprint density at radius 3 is 2.60 bits per heavy atom. The summed E-state index contributed by atoms with van der Waals surface area (Å²) in [6.07, 6.45) is 4.33. The van der Waals surface area contributed by atoms with Crippen LogP contribution in [0.5, 0.6) is 0 Å². The first-order valence-corrected chi connectivity index (χ1v) is 6.32. The van der Waals surface area contributed by atoms with Crippen LogP contribution in [0.3, 0.4) is 0 Å². The van der Waals surface area contributed by atoms with Gasteiger partial charge >= 0.3 is 0 Å². The normalized spacial score (nSPS) is 10.7. The lowest BCUT2D eigenvalue weighted by molar-refractivity contribution is 0.519. The summed E-state index contributed by atoms with van der Waals surface area (Å²) in [7, 11) is 0. The lowest BCUT2D eigenvalue weighted by atomic mass is 10.0. The van der Waals surface area contributed by atoms with E-state index >= 15 is 0 Å². The highest BCUT2D eigenvalue weighted by Crippen LogP contribution is 2.17. The topological polar surface area (TPSA) is 24.9 Å². The molecule has 2 nitrogen and oxygen atoms in total. The first-order chi connectivity index (χ1) is 7.17. The van der Waals surface area contributed by atoms with Gasteiger partial charge in [-0.1, -0.05) is 26.7 Å².